The highest BCUT2D eigenvalue weighted by molar-refractivity contribution is 7.89. The second-order valence-electron chi connectivity index (χ2n) is 4.49. The fraction of sp³-hybridized carbons (Fsp3) is 0.273. The minimum Gasteiger partial charge on any atom is -0.354 e. The van der Waals surface area contributed by atoms with Crippen LogP contribution in [0.4, 0.5) is 5.95 Å². The van der Waals surface area contributed by atoms with Gasteiger partial charge in [0, 0.05) is 13.1 Å². The van der Waals surface area contributed by atoms with Crippen molar-refractivity contribution in [3.63, 3.8) is 0 Å². The average Bonchev–Trinajstić information content (AvgIpc) is 2.76. The monoisotopic (exact) mass is 295 g/mol. The van der Waals surface area contributed by atoms with Crippen LogP contribution >= 0.6 is 0 Å². The molecule has 0 aliphatic carbocycles. The lowest BCUT2D eigenvalue weighted by atomic mass is 10.3. The molecule has 0 spiro atoms. The molecule has 8 nitrogen and oxygen atoms in total. The maximum Gasteiger partial charge on any atom is 0.352 e. The standard InChI is InChI=1S/C11H13N5O3S/c12-20(18,19)9-4-2-8(3-5-9)16-11(17)15-7-1-6-13-10(15)14-16/h2-5H,1,6-7H2,(H,13,14)(H2,12,18,19). The predicted octanol–water partition coefficient (Wildman–Crippen LogP) is -0.503. The van der Waals surface area contributed by atoms with Gasteiger partial charge in [-0.1, -0.05) is 0 Å². The number of rotatable bonds is 2. The Morgan fingerprint density at radius 1 is 1.25 bits per heavy atom. The van der Waals surface area contributed by atoms with Gasteiger partial charge in [0.25, 0.3) is 0 Å². The van der Waals surface area contributed by atoms with Gasteiger partial charge < -0.3 is 5.32 Å². The zero-order chi connectivity index (χ0) is 14.3. The van der Waals surface area contributed by atoms with Crippen LogP contribution in [0.5, 0.6) is 0 Å². The van der Waals surface area contributed by atoms with Gasteiger partial charge in [-0.05, 0) is 30.7 Å². The van der Waals surface area contributed by atoms with Crippen molar-refractivity contribution in [1.29, 1.82) is 0 Å². The molecule has 106 valence electrons. The van der Waals surface area contributed by atoms with E-state index >= 15 is 0 Å². The van der Waals surface area contributed by atoms with E-state index in [1.54, 1.807) is 4.57 Å². The van der Waals surface area contributed by atoms with Crippen molar-refractivity contribution in [2.24, 2.45) is 5.14 Å². The van der Waals surface area contributed by atoms with E-state index in [2.05, 4.69) is 10.4 Å². The SMILES string of the molecule is NS(=O)(=O)c1ccc(-n2nc3n(c2=O)CCCN3)cc1. The number of aromatic nitrogens is 3. The molecule has 2 heterocycles. The number of hydrogen-bond donors (Lipinski definition) is 2. The fourth-order valence-electron chi connectivity index (χ4n) is 2.11. The topological polar surface area (TPSA) is 112 Å². The molecular weight excluding hydrogens is 282 g/mol. The van der Waals surface area contributed by atoms with E-state index < -0.39 is 10.0 Å². The zero-order valence-electron chi connectivity index (χ0n) is 10.5. The molecule has 0 bridgehead atoms. The zero-order valence-corrected chi connectivity index (χ0v) is 11.3. The Bertz CT molecular complexity index is 804. The van der Waals surface area contributed by atoms with E-state index in [0.29, 0.717) is 18.2 Å². The number of fused-ring (bicyclic) bond motifs is 1. The summed E-state index contributed by atoms with van der Waals surface area (Å²) in [4.78, 5) is 12.2. The summed E-state index contributed by atoms with van der Waals surface area (Å²) in [5.74, 6) is 0.525. The first-order valence-electron chi connectivity index (χ1n) is 6.04. The predicted molar refractivity (Wildman–Crippen MR) is 72.3 cm³/mol. The Balaban J connectivity index is 2.06. The summed E-state index contributed by atoms with van der Waals surface area (Å²) in [6, 6.07) is 5.70. The van der Waals surface area contributed by atoms with Crippen LogP contribution in [0.3, 0.4) is 0 Å². The van der Waals surface area contributed by atoms with Gasteiger partial charge in [0.2, 0.25) is 16.0 Å². The molecule has 1 aliphatic heterocycles. The lowest BCUT2D eigenvalue weighted by Gasteiger charge is -2.12. The lowest BCUT2D eigenvalue weighted by molar-refractivity contribution is 0.597. The van der Waals surface area contributed by atoms with E-state index in [-0.39, 0.29) is 10.6 Å². The molecule has 0 radical (unpaired) electrons. The van der Waals surface area contributed by atoms with Gasteiger partial charge in [-0.25, -0.2) is 18.4 Å². The smallest absolute Gasteiger partial charge is 0.352 e. The average molecular weight is 295 g/mol. The Morgan fingerprint density at radius 2 is 1.95 bits per heavy atom. The fourth-order valence-corrected chi connectivity index (χ4v) is 2.63. The first kappa shape index (κ1) is 12.9. The number of anilines is 1. The summed E-state index contributed by atoms with van der Waals surface area (Å²) in [5, 5.41) is 12.3. The largest absolute Gasteiger partial charge is 0.354 e. The highest BCUT2D eigenvalue weighted by Gasteiger charge is 2.17. The molecule has 0 fully saturated rings. The van der Waals surface area contributed by atoms with E-state index in [9.17, 15) is 13.2 Å². The summed E-state index contributed by atoms with van der Waals surface area (Å²) in [7, 11) is -3.74. The van der Waals surface area contributed by atoms with Crippen molar-refractivity contribution in [3.05, 3.63) is 34.7 Å². The molecule has 0 saturated heterocycles. The molecule has 0 amide bonds. The maximum absolute atomic E-state index is 12.2. The Labute approximate surface area is 114 Å². The number of nitrogens with one attached hydrogen (secondary N) is 1. The highest BCUT2D eigenvalue weighted by atomic mass is 32.2. The Morgan fingerprint density at radius 3 is 2.55 bits per heavy atom. The van der Waals surface area contributed by atoms with Crippen LogP contribution in [-0.4, -0.2) is 29.3 Å². The van der Waals surface area contributed by atoms with Gasteiger partial charge in [-0.2, -0.15) is 4.68 Å². The minimum atomic E-state index is -3.74. The van der Waals surface area contributed by atoms with Gasteiger partial charge in [0.1, 0.15) is 0 Å². The third kappa shape index (κ3) is 2.10. The van der Waals surface area contributed by atoms with E-state index in [1.165, 1.54) is 28.9 Å². The summed E-state index contributed by atoms with van der Waals surface area (Å²) in [5.41, 5.74) is 0.238. The normalized spacial score (nSPS) is 14.7. The molecule has 1 aliphatic rings. The molecule has 3 N–H and O–H groups in total. The third-order valence-electron chi connectivity index (χ3n) is 3.11. The van der Waals surface area contributed by atoms with E-state index in [1.807, 2.05) is 0 Å². The quantitative estimate of drug-likeness (QED) is 0.775. The molecule has 1 aromatic carbocycles. The van der Waals surface area contributed by atoms with Crippen LogP contribution in [0.1, 0.15) is 6.42 Å². The molecule has 1 aromatic heterocycles. The number of primary sulfonamides is 1. The first-order valence-corrected chi connectivity index (χ1v) is 7.58. The molecule has 0 saturated carbocycles. The molecule has 3 rings (SSSR count). The molecular formula is C11H13N5O3S. The number of nitrogens with two attached hydrogens (primary N) is 1. The Kier molecular flexibility index (Phi) is 2.87. The molecule has 2 aromatic rings. The van der Waals surface area contributed by atoms with Crippen LogP contribution in [0.15, 0.2) is 34.0 Å². The van der Waals surface area contributed by atoms with Crippen LogP contribution in [0.2, 0.25) is 0 Å². The van der Waals surface area contributed by atoms with Crippen molar-refractivity contribution in [3.8, 4) is 5.69 Å². The summed E-state index contributed by atoms with van der Waals surface area (Å²) >= 11 is 0. The maximum atomic E-state index is 12.2. The van der Waals surface area contributed by atoms with E-state index in [4.69, 9.17) is 5.14 Å². The molecule has 0 unspecified atom stereocenters. The van der Waals surface area contributed by atoms with Crippen LogP contribution in [0, 0.1) is 0 Å². The highest BCUT2D eigenvalue weighted by Crippen LogP contribution is 2.13. The van der Waals surface area contributed by atoms with Crippen molar-refractivity contribution >= 4 is 16.0 Å². The third-order valence-corrected chi connectivity index (χ3v) is 4.04. The second kappa shape index (κ2) is 4.46. The Hall–Kier alpha value is -2.13. The molecule has 20 heavy (non-hydrogen) atoms. The molecule has 0 atom stereocenters. The van der Waals surface area contributed by atoms with Crippen LogP contribution in [0.25, 0.3) is 5.69 Å². The van der Waals surface area contributed by atoms with Gasteiger partial charge in [0.05, 0.1) is 10.6 Å². The van der Waals surface area contributed by atoms with Crippen molar-refractivity contribution in [2.75, 3.05) is 11.9 Å². The second-order valence-corrected chi connectivity index (χ2v) is 6.05. The van der Waals surface area contributed by atoms with Crippen LogP contribution < -0.4 is 16.1 Å². The first-order chi connectivity index (χ1) is 9.47. The minimum absolute atomic E-state index is 0.00334. The number of nitrogens with zero attached hydrogens (tertiary/aromatic N) is 3. The number of hydrogen-bond acceptors (Lipinski definition) is 5. The van der Waals surface area contributed by atoms with Crippen molar-refractivity contribution < 1.29 is 8.42 Å². The van der Waals surface area contributed by atoms with Crippen molar-refractivity contribution in [1.82, 2.24) is 14.3 Å². The number of benzene rings is 1. The number of sulfonamides is 1. The summed E-state index contributed by atoms with van der Waals surface area (Å²) < 4.78 is 25.2. The van der Waals surface area contributed by atoms with Crippen molar-refractivity contribution in [2.45, 2.75) is 17.9 Å². The van der Waals surface area contributed by atoms with Gasteiger partial charge in [0.15, 0.2) is 0 Å². The van der Waals surface area contributed by atoms with Gasteiger partial charge >= 0.3 is 5.69 Å². The van der Waals surface area contributed by atoms with Gasteiger partial charge in [-0.15, -0.1) is 5.10 Å². The van der Waals surface area contributed by atoms with Crippen LogP contribution in [-0.2, 0) is 16.6 Å². The van der Waals surface area contributed by atoms with Gasteiger partial charge in [-0.3, -0.25) is 4.57 Å². The summed E-state index contributed by atoms with van der Waals surface area (Å²) in [6.07, 6.45) is 0.864. The van der Waals surface area contributed by atoms with E-state index in [0.717, 1.165) is 13.0 Å². The molecule has 9 heteroatoms. The lowest BCUT2D eigenvalue weighted by Crippen LogP contribution is -2.27. The summed E-state index contributed by atoms with van der Waals surface area (Å²) in [6.45, 7) is 1.40.